The Morgan fingerprint density at radius 3 is 2.50 bits per heavy atom. The maximum Gasteiger partial charge on any atom is 0.350 e. The molecule has 11 heteroatoms. The number of likely N-dealkylation sites (tertiary alicyclic amines) is 1. The quantitative estimate of drug-likeness (QED) is 0.274. The van der Waals surface area contributed by atoms with Gasteiger partial charge in [-0.05, 0) is 70.5 Å². The van der Waals surface area contributed by atoms with Crippen LogP contribution in [0.3, 0.4) is 0 Å². The molecule has 0 N–H and O–H groups in total. The van der Waals surface area contributed by atoms with E-state index in [9.17, 15) is 14.0 Å². The molecular weight excluding hydrogens is 580 g/mol. The Labute approximate surface area is 253 Å². The number of anilines is 1. The Balaban J connectivity index is 1.56. The first-order valence-electron chi connectivity index (χ1n) is 14.4. The number of piperazine rings is 1. The second-order valence-corrected chi connectivity index (χ2v) is 13.1. The van der Waals surface area contributed by atoms with Gasteiger partial charge in [-0.3, -0.25) is 9.36 Å². The highest BCUT2D eigenvalue weighted by Gasteiger charge is 2.36. The first kappa shape index (κ1) is 29.1. The summed E-state index contributed by atoms with van der Waals surface area (Å²) in [5.41, 5.74) is 1.97. The summed E-state index contributed by atoms with van der Waals surface area (Å²) in [5.74, 6) is -0.454. The summed E-state index contributed by atoms with van der Waals surface area (Å²) in [7, 11) is 0. The van der Waals surface area contributed by atoms with Gasteiger partial charge in [0.25, 0.3) is 0 Å². The fraction of sp³-hybridized carbons (Fsp3) is 0.452. The van der Waals surface area contributed by atoms with Crippen molar-refractivity contribution in [1.29, 1.82) is 0 Å². The van der Waals surface area contributed by atoms with E-state index in [0.717, 1.165) is 59.9 Å². The summed E-state index contributed by atoms with van der Waals surface area (Å²) in [6, 6.07) is 3.75. The number of thioether (sulfide) groups is 1. The molecular formula is C31H34ClF2N5O2S. The zero-order valence-electron chi connectivity index (χ0n) is 24.0. The van der Waals surface area contributed by atoms with Crippen LogP contribution in [0.15, 0.2) is 40.5 Å². The van der Waals surface area contributed by atoms with Crippen LogP contribution in [-0.2, 0) is 4.79 Å². The van der Waals surface area contributed by atoms with Crippen molar-refractivity contribution in [1.82, 2.24) is 19.4 Å². The topological polar surface area (TPSA) is 61.7 Å². The third-order valence-electron chi connectivity index (χ3n) is 8.72. The second-order valence-electron chi connectivity index (χ2n) is 11.7. The molecule has 0 radical (unpaired) electrons. The monoisotopic (exact) mass is 613 g/mol. The maximum absolute atomic E-state index is 15.3. The van der Waals surface area contributed by atoms with Crippen molar-refractivity contribution in [3.63, 3.8) is 0 Å². The van der Waals surface area contributed by atoms with Gasteiger partial charge >= 0.3 is 5.69 Å². The van der Waals surface area contributed by atoms with E-state index in [-0.39, 0.29) is 40.3 Å². The van der Waals surface area contributed by atoms with Crippen molar-refractivity contribution in [2.75, 3.05) is 43.4 Å². The summed E-state index contributed by atoms with van der Waals surface area (Å²) in [4.78, 5) is 38.2. The molecule has 3 atom stereocenters. The molecule has 6 rings (SSSR count). The highest BCUT2D eigenvalue weighted by molar-refractivity contribution is 7.99. The van der Waals surface area contributed by atoms with E-state index in [4.69, 9.17) is 11.6 Å². The minimum absolute atomic E-state index is 0.103. The van der Waals surface area contributed by atoms with Gasteiger partial charge in [0.05, 0.1) is 16.6 Å². The number of amides is 1. The summed E-state index contributed by atoms with van der Waals surface area (Å²) in [6.45, 7) is 13.2. The first-order chi connectivity index (χ1) is 20.1. The molecule has 1 unspecified atom stereocenters. The van der Waals surface area contributed by atoms with Crippen molar-refractivity contribution in [2.24, 2.45) is 0 Å². The molecule has 42 heavy (non-hydrogen) atoms. The van der Waals surface area contributed by atoms with Crippen molar-refractivity contribution < 1.29 is 13.6 Å². The zero-order valence-corrected chi connectivity index (χ0v) is 25.6. The predicted molar refractivity (Wildman–Crippen MR) is 165 cm³/mol. The number of aryl methyl sites for hydroxylation is 1. The van der Waals surface area contributed by atoms with Crippen molar-refractivity contribution in [3.8, 4) is 11.1 Å². The molecule has 0 bridgehead atoms. The molecule has 3 aliphatic rings. The molecule has 4 heterocycles. The van der Waals surface area contributed by atoms with Crippen molar-refractivity contribution in [2.45, 2.75) is 56.6 Å². The Morgan fingerprint density at radius 1 is 1.14 bits per heavy atom. The lowest BCUT2D eigenvalue weighted by molar-refractivity contribution is -0.130. The molecule has 3 aliphatic heterocycles. The van der Waals surface area contributed by atoms with Gasteiger partial charge < -0.3 is 14.7 Å². The fourth-order valence-corrected chi connectivity index (χ4v) is 8.48. The van der Waals surface area contributed by atoms with Crippen LogP contribution in [0, 0.1) is 18.6 Å². The SMILES string of the molecule is C=CC(=O)N1[C@H](C)CN(c2nc(=O)n3c4c(c(-c5cc(Cl)c(F)cc5F)c(C)cc24)SCC3CN2CCCC2)C[C@@H]1C. The normalized spacial score (nSPS) is 22.7. The van der Waals surface area contributed by atoms with Gasteiger partial charge in [0.2, 0.25) is 5.91 Å². The van der Waals surface area contributed by atoms with Gasteiger partial charge in [0.1, 0.15) is 17.5 Å². The van der Waals surface area contributed by atoms with E-state index in [1.807, 2.05) is 31.7 Å². The average molecular weight is 614 g/mol. The van der Waals surface area contributed by atoms with Crippen LogP contribution in [0.25, 0.3) is 22.0 Å². The lowest BCUT2D eigenvalue weighted by atomic mass is 9.96. The molecule has 0 aliphatic carbocycles. The number of hydrogen-bond donors (Lipinski definition) is 0. The summed E-state index contributed by atoms with van der Waals surface area (Å²) < 4.78 is 31.2. The van der Waals surface area contributed by atoms with E-state index < -0.39 is 11.6 Å². The number of nitrogens with zero attached hydrogens (tertiary/aromatic N) is 5. The lowest BCUT2D eigenvalue weighted by Crippen LogP contribution is -2.58. The van der Waals surface area contributed by atoms with Gasteiger partial charge in [-0.2, -0.15) is 4.98 Å². The first-order valence-corrected chi connectivity index (χ1v) is 15.7. The second kappa shape index (κ2) is 11.3. The molecule has 222 valence electrons. The maximum atomic E-state index is 15.3. The number of benzene rings is 2. The molecule has 0 saturated carbocycles. The standard InChI is InChI=1S/C31H34ClF2N5O2S/c1-5-26(40)38-18(3)13-37(14-19(38)4)30-22-10-17(2)27(21-11-23(32)25(34)12-24(21)33)29-28(22)39(31(41)35-30)20(16-42-29)15-36-8-6-7-9-36/h5,10-12,18-20H,1,6-9,13-16H2,2-4H3/t18-,19+,20?. The van der Waals surface area contributed by atoms with Crippen LogP contribution < -0.4 is 10.6 Å². The van der Waals surface area contributed by atoms with Gasteiger partial charge in [0.15, 0.2) is 0 Å². The Kier molecular flexibility index (Phi) is 7.82. The summed E-state index contributed by atoms with van der Waals surface area (Å²) in [5, 5.41) is 0.648. The highest BCUT2D eigenvalue weighted by atomic mass is 35.5. The van der Waals surface area contributed by atoms with Gasteiger partial charge in [-0.1, -0.05) is 18.2 Å². The number of carbonyl (C=O) groups is 1. The van der Waals surface area contributed by atoms with Crippen LogP contribution in [-0.4, -0.2) is 75.8 Å². The molecule has 7 nitrogen and oxygen atoms in total. The fourth-order valence-electron chi connectivity index (χ4n) is 6.94. The number of halogens is 3. The van der Waals surface area contributed by atoms with E-state index in [0.29, 0.717) is 30.2 Å². The van der Waals surface area contributed by atoms with Gasteiger partial charge in [-0.25, -0.2) is 13.6 Å². The van der Waals surface area contributed by atoms with Crippen LogP contribution in [0.5, 0.6) is 0 Å². The molecule has 2 saturated heterocycles. The molecule has 2 aromatic carbocycles. The number of hydrogen-bond acceptors (Lipinski definition) is 6. The Morgan fingerprint density at radius 2 is 1.83 bits per heavy atom. The van der Waals surface area contributed by atoms with Crippen LogP contribution >= 0.6 is 23.4 Å². The van der Waals surface area contributed by atoms with E-state index in [1.54, 1.807) is 16.3 Å². The average Bonchev–Trinajstić information content (AvgIpc) is 3.46. The minimum Gasteiger partial charge on any atom is -0.352 e. The smallest absolute Gasteiger partial charge is 0.350 e. The lowest BCUT2D eigenvalue weighted by Gasteiger charge is -2.45. The third-order valence-corrected chi connectivity index (χ3v) is 10.2. The highest BCUT2D eigenvalue weighted by Crippen LogP contribution is 2.47. The van der Waals surface area contributed by atoms with Crippen LogP contribution in [0.2, 0.25) is 5.02 Å². The van der Waals surface area contributed by atoms with Gasteiger partial charge in [-0.15, -0.1) is 11.8 Å². The minimum atomic E-state index is -0.816. The van der Waals surface area contributed by atoms with Gasteiger partial charge in [0, 0.05) is 64.9 Å². The number of aromatic nitrogens is 2. The van der Waals surface area contributed by atoms with E-state index >= 15 is 4.39 Å². The zero-order chi connectivity index (χ0) is 29.9. The molecule has 0 spiro atoms. The largest absolute Gasteiger partial charge is 0.352 e. The Hall–Kier alpha value is -2.95. The third kappa shape index (κ3) is 4.91. The molecule has 1 aromatic heterocycles. The van der Waals surface area contributed by atoms with E-state index in [1.165, 1.54) is 12.1 Å². The Bertz CT molecular complexity index is 1640. The van der Waals surface area contributed by atoms with Crippen LogP contribution in [0.4, 0.5) is 14.6 Å². The van der Waals surface area contributed by atoms with Crippen molar-refractivity contribution >= 4 is 46.0 Å². The molecule has 1 amide bonds. The van der Waals surface area contributed by atoms with Crippen LogP contribution in [0.1, 0.15) is 38.3 Å². The van der Waals surface area contributed by atoms with E-state index in [2.05, 4.69) is 21.4 Å². The summed E-state index contributed by atoms with van der Waals surface area (Å²) in [6.07, 6.45) is 3.62. The molecule has 3 aromatic rings. The molecule has 2 fully saturated rings. The predicted octanol–water partition coefficient (Wildman–Crippen LogP) is 5.66. The summed E-state index contributed by atoms with van der Waals surface area (Å²) >= 11 is 7.73. The number of carbonyl (C=O) groups excluding carboxylic acids is 1. The number of rotatable bonds is 5. The van der Waals surface area contributed by atoms with Crippen molar-refractivity contribution in [3.05, 3.63) is 63.6 Å².